The summed E-state index contributed by atoms with van der Waals surface area (Å²) in [6.07, 6.45) is 8.27. The van der Waals surface area contributed by atoms with Crippen molar-refractivity contribution in [1.29, 1.82) is 0 Å². The lowest BCUT2D eigenvalue weighted by molar-refractivity contribution is 0.483. The van der Waals surface area contributed by atoms with E-state index in [0.29, 0.717) is 6.67 Å². The summed E-state index contributed by atoms with van der Waals surface area (Å²) in [6, 6.07) is 66.5. The van der Waals surface area contributed by atoms with E-state index in [1.165, 1.54) is 33.4 Å². The Labute approximate surface area is 361 Å². The molecule has 6 heteroatoms. The summed E-state index contributed by atoms with van der Waals surface area (Å²) < 4.78 is 11.4. The molecule has 1 aliphatic rings. The van der Waals surface area contributed by atoms with Crippen LogP contribution in [0.2, 0.25) is 0 Å². The zero-order valence-electron chi connectivity index (χ0n) is 34.6. The molecule has 0 unspecified atom stereocenters. The number of hydrogen-bond acceptors (Lipinski definition) is 4. The van der Waals surface area contributed by atoms with Crippen molar-refractivity contribution in [3.05, 3.63) is 224 Å². The summed E-state index contributed by atoms with van der Waals surface area (Å²) in [5, 5.41) is 2.30. The number of imidazole rings is 1. The van der Waals surface area contributed by atoms with Gasteiger partial charge in [-0.2, -0.15) is 0 Å². The van der Waals surface area contributed by atoms with Crippen LogP contribution >= 0.6 is 0 Å². The van der Waals surface area contributed by atoms with Crippen LogP contribution in [0.1, 0.15) is 11.1 Å². The molecule has 0 bridgehead atoms. The average Bonchev–Trinajstić information content (AvgIpc) is 4.08. The van der Waals surface area contributed by atoms with Gasteiger partial charge in [-0.25, -0.2) is 4.98 Å². The van der Waals surface area contributed by atoms with E-state index in [1.54, 1.807) is 0 Å². The average molecular weight is 802 g/mol. The van der Waals surface area contributed by atoms with Crippen molar-refractivity contribution in [2.45, 2.75) is 13.8 Å². The molecule has 3 heterocycles. The fraction of sp³-hybridized carbons (Fsp3) is 0.0536. The van der Waals surface area contributed by atoms with Crippen molar-refractivity contribution in [3.8, 4) is 56.5 Å². The Morgan fingerprint density at radius 2 is 1.00 bits per heavy atom. The molecule has 11 rings (SSSR count). The third-order valence-electron chi connectivity index (χ3n) is 11.9. The lowest BCUT2D eigenvalue weighted by Gasteiger charge is -2.24. The highest BCUT2D eigenvalue weighted by Gasteiger charge is 2.21. The highest BCUT2D eigenvalue weighted by molar-refractivity contribution is 6.09. The number of aromatic nitrogens is 3. The molecular formula is C56H43N5O. The third kappa shape index (κ3) is 6.78. The molecule has 8 aromatic carbocycles. The van der Waals surface area contributed by atoms with Gasteiger partial charge in [-0.05, 0) is 107 Å². The number of anilines is 2. The lowest BCUT2D eigenvalue weighted by atomic mass is 9.98. The lowest BCUT2D eigenvalue weighted by Crippen LogP contribution is -2.24. The second-order valence-electron chi connectivity index (χ2n) is 15.9. The molecule has 0 aliphatic carbocycles. The van der Waals surface area contributed by atoms with Gasteiger partial charge in [-0.1, -0.05) is 127 Å². The SMILES string of the molecule is Cc1cccc(C)c1-n1ccnc1-n1c2ccccc2c2ccc(Oc3cc(-c4ccccc4)cc(N4C=CN(c5cc(-c6ccccc6)cc(-c6ccccc6)c5)C4)c3)cc21. The van der Waals surface area contributed by atoms with Crippen molar-refractivity contribution in [2.75, 3.05) is 16.5 Å². The molecule has 298 valence electrons. The zero-order valence-corrected chi connectivity index (χ0v) is 34.6. The first kappa shape index (κ1) is 36.9. The number of para-hydroxylation sites is 2. The first-order chi connectivity index (χ1) is 30.5. The van der Waals surface area contributed by atoms with Gasteiger partial charge in [0.05, 0.1) is 23.4 Å². The monoisotopic (exact) mass is 801 g/mol. The Bertz CT molecular complexity index is 3200. The number of benzene rings is 8. The smallest absolute Gasteiger partial charge is 0.219 e. The number of hydrogen-bond donors (Lipinski definition) is 0. The van der Waals surface area contributed by atoms with Gasteiger partial charge in [0.25, 0.3) is 0 Å². The van der Waals surface area contributed by atoms with Crippen LogP contribution in [0.15, 0.2) is 213 Å². The van der Waals surface area contributed by atoms with Gasteiger partial charge in [0.1, 0.15) is 11.5 Å². The van der Waals surface area contributed by atoms with Crippen LogP contribution in [0.5, 0.6) is 11.5 Å². The number of nitrogens with zero attached hydrogens (tertiary/aromatic N) is 5. The molecule has 10 aromatic rings. The minimum absolute atomic E-state index is 0.642. The van der Waals surface area contributed by atoms with Crippen molar-refractivity contribution < 1.29 is 4.74 Å². The van der Waals surface area contributed by atoms with Gasteiger partial charge < -0.3 is 14.5 Å². The fourth-order valence-electron chi connectivity index (χ4n) is 8.92. The zero-order chi connectivity index (χ0) is 41.6. The Hall–Kier alpha value is -8.09. The van der Waals surface area contributed by atoms with Gasteiger partial charge in [0.15, 0.2) is 0 Å². The highest BCUT2D eigenvalue weighted by atomic mass is 16.5. The maximum atomic E-state index is 6.91. The normalized spacial score (nSPS) is 12.5. The van der Waals surface area contributed by atoms with Crippen LogP contribution in [0, 0.1) is 13.8 Å². The second-order valence-corrected chi connectivity index (χ2v) is 15.9. The summed E-state index contributed by atoms with van der Waals surface area (Å²) in [5.41, 5.74) is 14.7. The minimum atomic E-state index is 0.642. The predicted octanol–water partition coefficient (Wildman–Crippen LogP) is 14.1. The van der Waals surface area contributed by atoms with E-state index in [2.05, 4.69) is 239 Å². The quantitative estimate of drug-likeness (QED) is 0.146. The standard InChI is InChI=1S/C56H43N5O/c1-39-15-14-16-40(2)55(39)60-28-27-57-56(60)61-53-24-13-12-23-51(53)52-26-25-49(37-54(52)61)62-50-35-46(43-21-10-5-11-22-43)34-48(36-50)59-30-29-58(38-59)47-32-44(41-17-6-3-7-18-41)31-45(33-47)42-19-8-4-9-20-42/h3-37H,38H2,1-2H3. The molecule has 0 radical (unpaired) electrons. The van der Waals surface area contributed by atoms with Gasteiger partial charge in [0.2, 0.25) is 5.95 Å². The molecule has 0 atom stereocenters. The molecule has 0 amide bonds. The van der Waals surface area contributed by atoms with E-state index in [-0.39, 0.29) is 0 Å². The Morgan fingerprint density at radius 1 is 0.452 bits per heavy atom. The van der Waals surface area contributed by atoms with Gasteiger partial charge in [-0.15, -0.1) is 0 Å². The molecule has 2 aromatic heterocycles. The van der Waals surface area contributed by atoms with Gasteiger partial charge in [-0.3, -0.25) is 9.13 Å². The first-order valence-electron chi connectivity index (χ1n) is 21.0. The third-order valence-corrected chi connectivity index (χ3v) is 11.9. The summed E-state index contributed by atoms with van der Waals surface area (Å²) >= 11 is 0. The van der Waals surface area contributed by atoms with Crippen LogP contribution in [-0.2, 0) is 0 Å². The minimum Gasteiger partial charge on any atom is -0.457 e. The maximum Gasteiger partial charge on any atom is 0.219 e. The summed E-state index contributed by atoms with van der Waals surface area (Å²) in [7, 11) is 0. The largest absolute Gasteiger partial charge is 0.457 e. The Morgan fingerprint density at radius 3 is 1.63 bits per heavy atom. The molecule has 62 heavy (non-hydrogen) atoms. The molecular weight excluding hydrogens is 759 g/mol. The van der Waals surface area contributed by atoms with Gasteiger partial charge in [0, 0.05) is 59.1 Å². The van der Waals surface area contributed by atoms with E-state index in [4.69, 9.17) is 9.72 Å². The van der Waals surface area contributed by atoms with E-state index in [9.17, 15) is 0 Å². The molecule has 0 saturated carbocycles. The van der Waals surface area contributed by atoms with E-state index in [0.717, 1.165) is 67.4 Å². The van der Waals surface area contributed by atoms with Crippen molar-refractivity contribution >= 4 is 33.2 Å². The van der Waals surface area contributed by atoms with Crippen LogP contribution in [0.3, 0.4) is 0 Å². The van der Waals surface area contributed by atoms with E-state index >= 15 is 0 Å². The van der Waals surface area contributed by atoms with Crippen LogP contribution < -0.4 is 14.5 Å². The van der Waals surface area contributed by atoms with E-state index in [1.807, 2.05) is 6.20 Å². The van der Waals surface area contributed by atoms with Crippen LogP contribution in [0.25, 0.3) is 66.8 Å². The topological polar surface area (TPSA) is 38.5 Å². The second kappa shape index (κ2) is 15.5. The summed E-state index contributed by atoms with van der Waals surface area (Å²) in [6.45, 7) is 4.95. The predicted molar refractivity (Wildman–Crippen MR) is 256 cm³/mol. The molecule has 1 aliphatic heterocycles. The summed E-state index contributed by atoms with van der Waals surface area (Å²) in [5.74, 6) is 2.33. The van der Waals surface area contributed by atoms with Gasteiger partial charge >= 0.3 is 0 Å². The molecule has 0 spiro atoms. The summed E-state index contributed by atoms with van der Waals surface area (Å²) in [4.78, 5) is 9.56. The van der Waals surface area contributed by atoms with E-state index < -0.39 is 0 Å². The number of ether oxygens (including phenoxy) is 1. The molecule has 0 N–H and O–H groups in total. The fourth-order valence-corrected chi connectivity index (χ4v) is 8.92. The van der Waals surface area contributed by atoms with Crippen molar-refractivity contribution in [2.24, 2.45) is 0 Å². The number of fused-ring (bicyclic) bond motifs is 3. The highest BCUT2D eigenvalue weighted by Crippen LogP contribution is 2.40. The number of rotatable bonds is 9. The Kier molecular flexibility index (Phi) is 9.24. The molecule has 0 fully saturated rings. The van der Waals surface area contributed by atoms with Crippen molar-refractivity contribution in [3.63, 3.8) is 0 Å². The Balaban J connectivity index is 0.969. The first-order valence-corrected chi connectivity index (χ1v) is 21.0. The number of aryl methyl sites for hydroxylation is 2. The molecule has 0 saturated heterocycles. The van der Waals surface area contributed by atoms with Crippen molar-refractivity contribution in [1.82, 2.24) is 14.1 Å². The van der Waals surface area contributed by atoms with Crippen LogP contribution in [0.4, 0.5) is 11.4 Å². The maximum absolute atomic E-state index is 6.91. The van der Waals surface area contributed by atoms with Crippen LogP contribution in [-0.4, -0.2) is 20.8 Å². The molecule has 6 nitrogen and oxygen atoms in total.